The van der Waals surface area contributed by atoms with Crippen molar-refractivity contribution in [1.29, 1.82) is 0 Å². The van der Waals surface area contributed by atoms with Crippen molar-refractivity contribution in [1.82, 2.24) is 9.97 Å². The molecule has 4 N–H and O–H groups in total. The van der Waals surface area contributed by atoms with Gasteiger partial charge in [0.05, 0.1) is 18.1 Å². The normalized spacial score (nSPS) is 20.8. The summed E-state index contributed by atoms with van der Waals surface area (Å²) in [6.45, 7) is 0.761. The van der Waals surface area contributed by atoms with E-state index in [0.717, 1.165) is 25.8 Å². The summed E-state index contributed by atoms with van der Waals surface area (Å²) in [5, 5.41) is 0. The van der Waals surface area contributed by atoms with E-state index in [-0.39, 0.29) is 11.9 Å². The van der Waals surface area contributed by atoms with Crippen LogP contribution in [0.3, 0.4) is 0 Å². The minimum absolute atomic E-state index is 0.294. The highest BCUT2D eigenvalue weighted by Crippen LogP contribution is 2.21. The zero-order valence-electron chi connectivity index (χ0n) is 8.97. The second kappa shape index (κ2) is 4.34. The SMILES string of the molecule is NC(=O)C1CCCCN1c1ncc(N)cn1. The minimum Gasteiger partial charge on any atom is -0.396 e. The van der Waals surface area contributed by atoms with Gasteiger partial charge in [-0.2, -0.15) is 0 Å². The first-order valence-electron chi connectivity index (χ1n) is 5.32. The highest BCUT2D eigenvalue weighted by molar-refractivity contribution is 5.83. The molecule has 1 aliphatic rings. The molecular formula is C10H15N5O. The number of carbonyl (C=O) groups is 1. The number of rotatable bonds is 2. The van der Waals surface area contributed by atoms with Crippen molar-refractivity contribution in [2.45, 2.75) is 25.3 Å². The Labute approximate surface area is 93.7 Å². The van der Waals surface area contributed by atoms with Gasteiger partial charge in [-0.3, -0.25) is 4.79 Å². The maximum absolute atomic E-state index is 11.3. The van der Waals surface area contributed by atoms with Crippen molar-refractivity contribution in [2.24, 2.45) is 5.73 Å². The van der Waals surface area contributed by atoms with Crippen molar-refractivity contribution in [3.8, 4) is 0 Å². The molecule has 0 saturated carbocycles. The van der Waals surface area contributed by atoms with E-state index in [1.807, 2.05) is 4.90 Å². The van der Waals surface area contributed by atoms with Crippen LogP contribution in [0.1, 0.15) is 19.3 Å². The van der Waals surface area contributed by atoms with Gasteiger partial charge in [0.2, 0.25) is 11.9 Å². The third-order valence-corrected chi connectivity index (χ3v) is 2.75. The molecule has 0 spiro atoms. The quantitative estimate of drug-likeness (QED) is 0.726. The van der Waals surface area contributed by atoms with Gasteiger partial charge in [-0.15, -0.1) is 0 Å². The number of aromatic nitrogens is 2. The fraction of sp³-hybridized carbons (Fsp3) is 0.500. The number of anilines is 2. The molecule has 2 heterocycles. The van der Waals surface area contributed by atoms with Crippen molar-refractivity contribution in [3.63, 3.8) is 0 Å². The Hall–Kier alpha value is -1.85. The third kappa shape index (κ3) is 2.05. The summed E-state index contributed by atoms with van der Waals surface area (Å²) in [5.41, 5.74) is 11.4. The van der Waals surface area contributed by atoms with Crippen LogP contribution in [0, 0.1) is 0 Å². The number of hydrogen-bond donors (Lipinski definition) is 2. The number of amides is 1. The summed E-state index contributed by atoms with van der Waals surface area (Å²) >= 11 is 0. The molecule has 0 aromatic carbocycles. The fourth-order valence-electron chi connectivity index (χ4n) is 1.95. The predicted molar refractivity (Wildman–Crippen MR) is 60.6 cm³/mol. The number of nitrogens with two attached hydrogens (primary N) is 2. The number of nitrogen functional groups attached to an aromatic ring is 1. The number of piperidine rings is 1. The van der Waals surface area contributed by atoms with E-state index in [1.165, 1.54) is 12.4 Å². The number of carbonyl (C=O) groups excluding carboxylic acids is 1. The first-order chi connectivity index (χ1) is 7.68. The smallest absolute Gasteiger partial charge is 0.240 e. The molecule has 6 nitrogen and oxygen atoms in total. The van der Waals surface area contributed by atoms with E-state index in [9.17, 15) is 4.79 Å². The predicted octanol–water partition coefficient (Wildman–Crippen LogP) is -0.0970. The van der Waals surface area contributed by atoms with Crippen molar-refractivity contribution in [3.05, 3.63) is 12.4 Å². The lowest BCUT2D eigenvalue weighted by molar-refractivity contribution is -0.119. The number of nitrogens with zero attached hydrogens (tertiary/aromatic N) is 3. The molecular weight excluding hydrogens is 206 g/mol. The molecule has 6 heteroatoms. The first-order valence-corrected chi connectivity index (χ1v) is 5.32. The number of primary amides is 1. The largest absolute Gasteiger partial charge is 0.396 e. The van der Waals surface area contributed by atoms with Crippen LogP contribution in [0.15, 0.2) is 12.4 Å². The molecule has 1 atom stereocenters. The molecule has 86 valence electrons. The van der Waals surface area contributed by atoms with Gasteiger partial charge in [0, 0.05) is 6.54 Å². The highest BCUT2D eigenvalue weighted by Gasteiger charge is 2.28. The topological polar surface area (TPSA) is 98.1 Å². The lowest BCUT2D eigenvalue weighted by Gasteiger charge is -2.33. The minimum atomic E-state index is -0.319. The summed E-state index contributed by atoms with van der Waals surface area (Å²) < 4.78 is 0. The molecule has 1 aromatic rings. The van der Waals surface area contributed by atoms with E-state index < -0.39 is 0 Å². The molecule has 0 bridgehead atoms. The average molecular weight is 221 g/mol. The van der Waals surface area contributed by atoms with Gasteiger partial charge >= 0.3 is 0 Å². The summed E-state index contributed by atoms with van der Waals surface area (Å²) in [6, 6.07) is -0.294. The Morgan fingerprint density at radius 1 is 1.38 bits per heavy atom. The second-order valence-electron chi connectivity index (χ2n) is 3.92. The average Bonchev–Trinajstić information content (AvgIpc) is 2.30. The monoisotopic (exact) mass is 221 g/mol. The zero-order chi connectivity index (χ0) is 11.5. The van der Waals surface area contributed by atoms with E-state index >= 15 is 0 Å². The van der Waals surface area contributed by atoms with Gasteiger partial charge in [-0.25, -0.2) is 9.97 Å². The Morgan fingerprint density at radius 2 is 2.06 bits per heavy atom. The van der Waals surface area contributed by atoms with Crippen molar-refractivity contribution >= 4 is 17.5 Å². The van der Waals surface area contributed by atoms with Crippen molar-refractivity contribution in [2.75, 3.05) is 17.2 Å². The van der Waals surface area contributed by atoms with Gasteiger partial charge in [0.25, 0.3) is 0 Å². The van der Waals surface area contributed by atoms with Crippen LogP contribution in [0.5, 0.6) is 0 Å². The Morgan fingerprint density at radius 3 is 2.69 bits per heavy atom. The molecule has 2 rings (SSSR count). The molecule has 0 aliphatic carbocycles. The molecule has 0 radical (unpaired) electrons. The lowest BCUT2D eigenvalue weighted by atomic mass is 10.0. The molecule has 1 unspecified atom stereocenters. The van der Waals surface area contributed by atoms with Crippen LogP contribution in [-0.4, -0.2) is 28.5 Å². The molecule has 1 aromatic heterocycles. The third-order valence-electron chi connectivity index (χ3n) is 2.75. The van der Waals surface area contributed by atoms with Crippen LogP contribution in [0.4, 0.5) is 11.6 Å². The Bertz CT molecular complexity index is 377. The van der Waals surface area contributed by atoms with Gasteiger partial charge in [0.15, 0.2) is 0 Å². The lowest BCUT2D eigenvalue weighted by Crippen LogP contribution is -2.48. The van der Waals surface area contributed by atoms with Crippen LogP contribution < -0.4 is 16.4 Å². The molecule has 1 amide bonds. The zero-order valence-corrected chi connectivity index (χ0v) is 8.97. The molecule has 1 aliphatic heterocycles. The van der Waals surface area contributed by atoms with Gasteiger partial charge < -0.3 is 16.4 Å². The van der Waals surface area contributed by atoms with Crippen LogP contribution >= 0.6 is 0 Å². The van der Waals surface area contributed by atoms with Gasteiger partial charge in [-0.1, -0.05) is 0 Å². The maximum Gasteiger partial charge on any atom is 0.240 e. The summed E-state index contributed by atoms with van der Waals surface area (Å²) in [7, 11) is 0. The number of hydrogen-bond acceptors (Lipinski definition) is 5. The fourth-order valence-corrected chi connectivity index (χ4v) is 1.95. The van der Waals surface area contributed by atoms with Gasteiger partial charge in [-0.05, 0) is 19.3 Å². The Kier molecular flexibility index (Phi) is 2.89. The summed E-state index contributed by atoms with van der Waals surface area (Å²) in [4.78, 5) is 21.4. The highest BCUT2D eigenvalue weighted by atomic mass is 16.1. The van der Waals surface area contributed by atoms with Crippen LogP contribution in [0.2, 0.25) is 0 Å². The van der Waals surface area contributed by atoms with E-state index in [0.29, 0.717) is 11.6 Å². The summed E-state index contributed by atoms with van der Waals surface area (Å²) in [6.07, 6.45) is 5.88. The molecule has 1 saturated heterocycles. The van der Waals surface area contributed by atoms with Crippen molar-refractivity contribution < 1.29 is 4.79 Å². The maximum atomic E-state index is 11.3. The molecule has 16 heavy (non-hydrogen) atoms. The molecule has 1 fully saturated rings. The van der Waals surface area contributed by atoms with E-state index in [4.69, 9.17) is 11.5 Å². The van der Waals surface area contributed by atoms with Crippen LogP contribution in [-0.2, 0) is 4.79 Å². The van der Waals surface area contributed by atoms with Crippen LogP contribution in [0.25, 0.3) is 0 Å². The summed E-state index contributed by atoms with van der Waals surface area (Å²) in [5.74, 6) is 0.206. The standard InChI is InChI=1S/C10H15N5O/c11-7-5-13-10(14-6-7)15-4-2-1-3-8(15)9(12)16/h5-6,8H,1-4,11H2,(H2,12,16). The second-order valence-corrected chi connectivity index (χ2v) is 3.92. The first kappa shape index (κ1) is 10.7. The van der Waals surface area contributed by atoms with E-state index in [2.05, 4.69) is 9.97 Å². The Balaban J connectivity index is 2.23. The van der Waals surface area contributed by atoms with E-state index in [1.54, 1.807) is 0 Å². The van der Waals surface area contributed by atoms with Gasteiger partial charge in [0.1, 0.15) is 6.04 Å².